The number of nitrogens with zero attached hydrogens (tertiary/aromatic N) is 1. The van der Waals surface area contributed by atoms with Crippen LogP contribution in [0.25, 0.3) is 0 Å². The van der Waals surface area contributed by atoms with Gasteiger partial charge >= 0.3 is 0 Å². The SMILES string of the molecule is BN1CCCC(=O)C1. The van der Waals surface area contributed by atoms with Gasteiger partial charge in [-0.3, -0.25) is 4.79 Å². The van der Waals surface area contributed by atoms with E-state index in [1.54, 1.807) is 0 Å². The molecule has 1 saturated heterocycles. The summed E-state index contributed by atoms with van der Waals surface area (Å²) in [6, 6.07) is 0. The summed E-state index contributed by atoms with van der Waals surface area (Å²) < 4.78 is 0. The summed E-state index contributed by atoms with van der Waals surface area (Å²) in [5.41, 5.74) is 0. The molecule has 44 valence electrons. The molecule has 1 aliphatic rings. The lowest BCUT2D eigenvalue weighted by Gasteiger charge is -2.20. The number of carbonyl (C=O) groups excluding carboxylic acids is 1. The topological polar surface area (TPSA) is 20.3 Å². The molecule has 3 heteroatoms. The van der Waals surface area contributed by atoms with Crippen molar-refractivity contribution in [3.8, 4) is 0 Å². The molecule has 0 bridgehead atoms. The lowest BCUT2D eigenvalue weighted by molar-refractivity contribution is -0.120. The largest absolute Gasteiger partial charge is 0.343 e. The van der Waals surface area contributed by atoms with Gasteiger partial charge < -0.3 is 4.81 Å². The Morgan fingerprint density at radius 1 is 1.62 bits per heavy atom. The fourth-order valence-corrected chi connectivity index (χ4v) is 1.01. The van der Waals surface area contributed by atoms with E-state index >= 15 is 0 Å². The maximum atomic E-state index is 10.6. The molecule has 1 aliphatic heterocycles. The predicted molar refractivity (Wildman–Crippen MR) is 34.4 cm³/mol. The standard InChI is InChI=1S/C5H10BNO/c6-7-3-1-2-5(8)4-7/h1-4,6H2. The lowest BCUT2D eigenvalue weighted by Crippen LogP contribution is -2.33. The van der Waals surface area contributed by atoms with Crippen LogP contribution in [-0.2, 0) is 4.79 Å². The minimum atomic E-state index is 0.388. The number of hydrogen-bond donors (Lipinski definition) is 0. The van der Waals surface area contributed by atoms with Gasteiger partial charge in [0, 0.05) is 13.0 Å². The average molecular weight is 111 g/mol. The molecular formula is C5H10BNO. The maximum absolute atomic E-state index is 10.6. The van der Waals surface area contributed by atoms with Gasteiger partial charge in [0.1, 0.15) is 5.78 Å². The van der Waals surface area contributed by atoms with Crippen LogP contribution in [0.5, 0.6) is 0 Å². The fraction of sp³-hybridized carbons (Fsp3) is 0.800. The normalized spacial score (nSPS) is 23.8. The molecule has 1 rings (SSSR count). The van der Waals surface area contributed by atoms with E-state index in [0.29, 0.717) is 12.3 Å². The number of ketones is 1. The van der Waals surface area contributed by atoms with Gasteiger partial charge in [-0.1, -0.05) is 0 Å². The van der Waals surface area contributed by atoms with Gasteiger partial charge in [0.05, 0.1) is 0 Å². The van der Waals surface area contributed by atoms with Crippen LogP contribution in [0, 0.1) is 0 Å². The molecule has 0 unspecified atom stereocenters. The first-order chi connectivity index (χ1) is 3.79. The summed E-state index contributed by atoms with van der Waals surface area (Å²) in [7, 11) is 1.98. The second kappa shape index (κ2) is 2.31. The van der Waals surface area contributed by atoms with E-state index in [4.69, 9.17) is 0 Å². The molecule has 1 heterocycles. The highest BCUT2D eigenvalue weighted by atomic mass is 16.1. The van der Waals surface area contributed by atoms with Gasteiger partial charge in [-0.05, 0) is 13.0 Å². The van der Waals surface area contributed by atoms with E-state index in [9.17, 15) is 4.79 Å². The molecule has 0 aromatic rings. The molecule has 0 radical (unpaired) electrons. The highest BCUT2D eigenvalue weighted by Gasteiger charge is 2.11. The number of Topliss-reactive ketones (excluding diaryl/α,β-unsaturated/α-hetero) is 1. The summed E-state index contributed by atoms with van der Waals surface area (Å²) in [5, 5.41) is 0. The third-order valence-electron chi connectivity index (χ3n) is 1.44. The Bertz CT molecular complexity index is 105. The summed E-state index contributed by atoms with van der Waals surface area (Å²) in [6.45, 7) is 1.76. The molecule has 0 saturated carbocycles. The Hall–Kier alpha value is -0.305. The molecule has 0 N–H and O–H groups in total. The predicted octanol–water partition coefficient (Wildman–Crippen LogP) is -0.801. The van der Waals surface area contributed by atoms with Crippen molar-refractivity contribution < 1.29 is 4.79 Å². The molecule has 0 aromatic carbocycles. The highest BCUT2D eigenvalue weighted by Crippen LogP contribution is 2.00. The first-order valence-corrected chi connectivity index (χ1v) is 2.99. The van der Waals surface area contributed by atoms with E-state index < -0.39 is 0 Å². The van der Waals surface area contributed by atoms with E-state index in [2.05, 4.69) is 4.81 Å². The van der Waals surface area contributed by atoms with E-state index in [0.717, 1.165) is 19.4 Å². The second-order valence-electron chi connectivity index (χ2n) is 2.38. The average Bonchev–Trinajstić information content (AvgIpc) is 1.64. The van der Waals surface area contributed by atoms with Crippen molar-refractivity contribution in [1.29, 1.82) is 0 Å². The Morgan fingerprint density at radius 3 is 2.75 bits per heavy atom. The summed E-state index contributed by atoms with van der Waals surface area (Å²) in [5.74, 6) is 0.388. The van der Waals surface area contributed by atoms with Crippen LogP contribution in [0.2, 0.25) is 0 Å². The van der Waals surface area contributed by atoms with Crippen molar-refractivity contribution in [3.05, 3.63) is 0 Å². The Kier molecular flexibility index (Phi) is 1.68. The van der Waals surface area contributed by atoms with Crippen LogP contribution in [0.15, 0.2) is 0 Å². The van der Waals surface area contributed by atoms with Gasteiger partial charge in [0.2, 0.25) is 0 Å². The van der Waals surface area contributed by atoms with Gasteiger partial charge in [-0.2, -0.15) is 0 Å². The first kappa shape index (κ1) is 5.82. The van der Waals surface area contributed by atoms with Gasteiger partial charge in [0.25, 0.3) is 0 Å². The molecule has 0 spiro atoms. The zero-order chi connectivity index (χ0) is 5.98. The summed E-state index contributed by atoms with van der Waals surface area (Å²) in [4.78, 5) is 12.7. The molecule has 0 atom stereocenters. The molecule has 0 aliphatic carbocycles. The molecule has 1 fully saturated rings. The zero-order valence-corrected chi connectivity index (χ0v) is 5.18. The van der Waals surface area contributed by atoms with Gasteiger partial charge in [-0.25, -0.2) is 0 Å². The molecular weight excluding hydrogens is 101 g/mol. The lowest BCUT2D eigenvalue weighted by atomic mass is 10.1. The van der Waals surface area contributed by atoms with Crippen LogP contribution in [0.3, 0.4) is 0 Å². The quantitative estimate of drug-likeness (QED) is 0.381. The van der Waals surface area contributed by atoms with Gasteiger partial charge in [0.15, 0.2) is 7.98 Å². The van der Waals surface area contributed by atoms with E-state index in [1.807, 2.05) is 7.98 Å². The monoisotopic (exact) mass is 111 g/mol. The third kappa shape index (κ3) is 1.34. The minimum absolute atomic E-state index is 0.388. The molecule has 0 amide bonds. The number of hydrogen-bond acceptors (Lipinski definition) is 2. The smallest absolute Gasteiger partial charge is 0.186 e. The van der Waals surface area contributed by atoms with Gasteiger partial charge in [-0.15, -0.1) is 0 Å². The van der Waals surface area contributed by atoms with Crippen LogP contribution in [0.1, 0.15) is 12.8 Å². The molecule has 8 heavy (non-hydrogen) atoms. The Morgan fingerprint density at radius 2 is 2.38 bits per heavy atom. The van der Waals surface area contributed by atoms with Crippen molar-refractivity contribution >= 4 is 13.8 Å². The Balaban J connectivity index is 2.34. The summed E-state index contributed by atoms with van der Waals surface area (Å²) >= 11 is 0. The van der Waals surface area contributed by atoms with Crippen LogP contribution >= 0.6 is 0 Å². The minimum Gasteiger partial charge on any atom is -0.343 e. The van der Waals surface area contributed by atoms with Crippen molar-refractivity contribution in [2.45, 2.75) is 12.8 Å². The number of rotatable bonds is 0. The first-order valence-electron chi connectivity index (χ1n) is 2.99. The number of carbonyl (C=O) groups is 1. The van der Waals surface area contributed by atoms with Crippen molar-refractivity contribution in [2.75, 3.05) is 13.1 Å². The maximum Gasteiger partial charge on any atom is 0.186 e. The van der Waals surface area contributed by atoms with Crippen LogP contribution in [-0.4, -0.2) is 31.7 Å². The highest BCUT2D eigenvalue weighted by molar-refractivity contribution is 6.06. The summed E-state index contributed by atoms with van der Waals surface area (Å²) in [6.07, 6.45) is 1.85. The number of piperidine rings is 1. The molecule has 0 aromatic heterocycles. The zero-order valence-electron chi connectivity index (χ0n) is 5.18. The Labute approximate surface area is 50.3 Å². The molecule has 2 nitrogen and oxygen atoms in total. The van der Waals surface area contributed by atoms with Crippen molar-refractivity contribution in [2.24, 2.45) is 0 Å². The van der Waals surface area contributed by atoms with Crippen LogP contribution in [0.4, 0.5) is 0 Å². The fourth-order valence-electron chi connectivity index (χ4n) is 1.01. The van der Waals surface area contributed by atoms with Crippen LogP contribution < -0.4 is 0 Å². The third-order valence-corrected chi connectivity index (χ3v) is 1.44. The second-order valence-corrected chi connectivity index (χ2v) is 2.38. The van der Waals surface area contributed by atoms with E-state index in [1.165, 1.54) is 0 Å². The van der Waals surface area contributed by atoms with E-state index in [-0.39, 0.29) is 0 Å². The van der Waals surface area contributed by atoms with Crippen molar-refractivity contribution in [3.63, 3.8) is 0 Å². The van der Waals surface area contributed by atoms with Crippen molar-refractivity contribution in [1.82, 2.24) is 4.81 Å².